The maximum atomic E-state index is 15.2. The van der Waals surface area contributed by atoms with Crippen molar-refractivity contribution in [1.29, 1.82) is 0 Å². The second-order valence-electron chi connectivity index (χ2n) is 11.7. The molecule has 1 N–H and O–H groups in total. The minimum atomic E-state index is -0.372. The van der Waals surface area contributed by atoms with Gasteiger partial charge in [-0.1, -0.05) is 69.7 Å². The van der Waals surface area contributed by atoms with Crippen molar-refractivity contribution in [2.24, 2.45) is 16.8 Å². The summed E-state index contributed by atoms with van der Waals surface area (Å²) in [6.07, 6.45) is 13.4. The Bertz CT molecular complexity index is 1210. The summed E-state index contributed by atoms with van der Waals surface area (Å²) in [7, 11) is 0. The molecule has 7 heteroatoms. The zero-order chi connectivity index (χ0) is 28.2. The van der Waals surface area contributed by atoms with Crippen molar-refractivity contribution in [3.63, 3.8) is 0 Å². The van der Waals surface area contributed by atoms with Crippen molar-refractivity contribution in [1.82, 2.24) is 15.1 Å². The van der Waals surface area contributed by atoms with Gasteiger partial charge in [0.15, 0.2) is 0 Å². The largest absolute Gasteiger partial charge is 0.467 e. The Labute approximate surface area is 238 Å². The number of urea groups is 1. The number of hydrogen-bond donors (Lipinski definition) is 1. The second kappa shape index (κ2) is 12.5. The number of amides is 2. The van der Waals surface area contributed by atoms with Crippen LogP contribution in [-0.2, 0) is 11.3 Å². The number of carbonyl (C=O) groups excluding carboxylic acids is 1. The predicted octanol–water partition coefficient (Wildman–Crippen LogP) is 6.54. The van der Waals surface area contributed by atoms with E-state index in [-0.39, 0.29) is 41.9 Å². The van der Waals surface area contributed by atoms with E-state index in [1.165, 1.54) is 12.8 Å². The summed E-state index contributed by atoms with van der Waals surface area (Å²) in [6, 6.07) is 10.4. The standard InChI is InChI=1S/C33H43FN4O2/c1-5-10-24(4)37-17-15-26(16-18-37)38(21-25-12-7-6-8-13-25)33(39)36-30-20-27(28(34)19-23(30)3)32-35-29-14-9-11-22(2)31(29)40-32/h6-9,11-14,19-20,22-24,26,30-31H,5,10,15-18,21H2,1-4H3,(H,36,39). The lowest BCUT2D eigenvalue weighted by Crippen LogP contribution is -2.53. The van der Waals surface area contributed by atoms with Crippen LogP contribution in [0.2, 0.25) is 0 Å². The first-order valence-corrected chi connectivity index (χ1v) is 14.9. The maximum Gasteiger partial charge on any atom is 0.318 e. The summed E-state index contributed by atoms with van der Waals surface area (Å²) in [6.45, 7) is 11.1. The smallest absolute Gasteiger partial charge is 0.318 e. The molecule has 4 aliphatic rings. The number of rotatable bonds is 8. The number of piperidine rings is 1. The molecular formula is C33H43FN4O2. The number of carbonyl (C=O) groups is 1. The number of halogens is 1. The van der Waals surface area contributed by atoms with Gasteiger partial charge in [-0.2, -0.15) is 0 Å². The summed E-state index contributed by atoms with van der Waals surface area (Å²) < 4.78 is 21.3. The minimum Gasteiger partial charge on any atom is -0.467 e. The molecule has 2 aliphatic heterocycles. The van der Waals surface area contributed by atoms with Crippen molar-refractivity contribution in [2.45, 2.75) is 84.2 Å². The molecule has 0 bridgehead atoms. The van der Waals surface area contributed by atoms with E-state index in [2.05, 4.69) is 54.2 Å². The molecule has 1 aromatic carbocycles. The molecule has 0 spiro atoms. The molecule has 0 saturated carbocycles. The van der Waals surface area contributed by atoms with Gasteiger partial charge in [-0.15, -0.1) is 0 Å². The van der Waals surface area contributed by atoms with Crippen molar-refractivity contribution >= 4 is 11.9 Å². The Morgan fingerprint density at radius 2 is 1.93 bits per heavy atom. The van der Waals surface area contributed by atoms with Crippen LogP contribution in [0, 0.1) is 11.8 Å². The molecule has 1 saturated heterocycles. The van der Waals surface area contributed by atoms with Crippen molar-refractivity contribution in [2.75, 3.05) is 13.1 Å². The first-order chi connectivity index (χ1) is 19.3. The SMILES string of the molecule is CCCC(C)N1CCC(N(Cc2ccccc2)C(=O)NC2C=C(C3=NC4=CC=CC(C)C4O3)C(F)=CC2C)CC1. The van der Waals surface area contributed by atoms with Gasteiger partial charge in [-0.25, -0.2) is 14.2 Å². The van der Waals surface area contributed by atoms with Crippen molar-refractivity contribution < 1.29 is 13.9 Å². The number of allylic oxidation sites excluding steroid dienone is 2. The molecule has 2 aliphatic carbocycles. The molecule has 6 nitrogen and oxygen atoms in total. The highest BCUT2D eigenvalue weighted by Gasteiger charge is 2.36. The summed E-state index contributed by atoms with van der Waals surface area (Å²) >= 11 is 0. The quantitative estimate of drug-likeness (QED) is 0.403. The number of fused-ring (bicyclic) bond motifs is 1. The number of ether oxygens (including phenoxy) is 1. The van der Waals surface area contributed by atoms with E-state index in [4.69, 9.17) is 4.74 Å². The van der Waals surface area contributed by atoms with Crippen LogP contribution < -0.4 is 5.32 Å². The van der Waals surface area contributed by atoms with Gasteiger partial charge in [-0.05, 0) is 50.0 Å². The van der Waals surface area contributed by atoms with Crippen LogP contribution in [0.1, 0.15) is 58.9 Å². The Kier molecular flexibility index (Phi) is 8.89. The second-order valence-corrected chi connectivity index (χ2v) is 11.7. The van der Waals surface area contributed by atoms with Crippen LogP contribution in [0.5, 0.6) is 0 Å². The first kappa shape index (κ1) is 28.3. The monoisotopic (exact) mass is 546 g/mol. The summed E-state index contributed by atoms with van der Waals surface area (Å²) in [5.41, 5.74) is 2.23. The molecule has 5 unspecified atom stereocenters. The van der Waals surface area contributed by atoms with Crippen molar-refractivity contribution in [3.8, 4) is 0 Å². The number of benzene rings is 1. The lowest BCUT2D eigenvalue weighted by molar-refractivity contribution is 0.0934. The molecule has 1 fully saturated rings. The Morgan fingerprint density at radius 1 is 1.18 bits per heavy atom. The highest BCUT2D eigenvalue weighted by atomic mass is 19.1. The van der Waals surface area contributed by atoms with Gasteiger partial charge in [-0.3, -0.25) is 0 Å². The molecule has 40 heavy (non-hydrogen) atoms. The van der Waals surface area contributed by atoms with Crippen LogP contribution in [0.15, 0.2) is 82.8 Å². The highest BCUT2D eigenvalue weighted by Crippen LogP contribution is 2.34. The number of nitrogens with one attached hydrogen (secondary N) is 1. The van der Waals surface area contributed by atoms with Crippen LogP contribution in [0.25, 0.3) is 0 Å². The molecule has 2 heterocycles. The van der Waals surface area contributed by atoms with Gasteiger partial charge in [0.05, 0.1) is 17.3 Å². The lowest BCUT2D eigenvalue weighted by Gasteiger charge is -2.41. The third kappa shape index (κ3) is 6.25. The average molecular weight is 547 g/mol. The fraction of sp³-hybridized carbons (Fsp3) is 0.515. The third-order valence-electron chi connectivity index (χ3n) is 8.75. The first-order valence-electron chi connectivity index (χ1n) is 14.9. The molecule has 214 valence electrons. The summed E-state index contributed by atoms with van der Waals surface area (Å²) in [5, 5.41) is 3.23. The topological polar surface area (TPSA) is 57.2 Å². The Hall–Kier alpha value is -3.19. The Morgan fingerprint density at radius 3 is 2.62 bits per heavy atom. The van der Waals surface area contributed by atoms with E-state index >= 15 is 4.39 Å². The van der Waals surface area contributed by atoms with Crippen LogP contribution in [0.4, 0.5) is 9.18 Å². The van der Waals surface area contributed by atoms with Crippen molar-refractivity contribution in [3.05, 3.63) is 83.4 Å². The maximum absolute atomic E-state index is 15.2. The normalized spacial score (nSPS) is 27.5. The minimum absolute atomic E-state index is 0.115. The average Bonchev–Trinajstić information content (AvgIpc) is 3.39. The third-order valence-corrected chi connectivity index (χ3v) is 8.75. The van der Waals surface area contributed by atoms with Crippen LogP contribution >= 0.6 is 0 Å². The van der Waals surface area contributed by atoms with E-state index in [1.807, 2.05) is 42.2 Å². The summed E-state index contributed by atoms with van der Waals surface area (Å²) in [5.74, 6) is -0.102. The summed E-state index contributed by atoms with van der Waals surface area (Å²) in [4.78, 5) is 23.1. The molecule has 5 atom stereocenters. The number of aliphatic imine (C=N–C) groups is 1. The predicted molar refractivity (Wildman–Crippen MR) is 158 cm³/mol. The molecular weight excluding hydrogens is 503 g/mol. The number of nitrogens with zero attached hydrogens (tertiary/aromatic N) is 3. The van der Waals surface area contributed by atoms with Gasteiger partial charge >= 0.3 is 6.03 Å². The molecule has 2 amide bonds. The zero-order valence-electron chi connectivity index (χ0n) is 24.2. The van der Waals surface area contributed by atoms with Gasteiger partial charge in [0.1, 0.15) is 11.9 Å². The van der Waals surface area contributed by atoms with Crippen LogP contribution in [0.3, 0.4) is 0 Å². The van der Waals surface area contributed by atoms with E-state index in [1.54, 1.807) is 12.2 Å². The van der Waals surface area contributed by atoms with E-state index in [9.17, 15) is 4.79 Å². The van der Waals surface area contributed by atoms with Gasteiger partial charge in [0, 0.05) is 43.6 Å². The molecule has 0 radical (unpaired) electrons. The molecule has 1 aromatic rings. The Balaban J connectivity index is 1.32. The number of likely N-dealkylation sites (tertiary alicyclic amines) is 1. The van der Waals surface area contributed by atoms with Gasteiger partial charge in [0.2, 0.25) is 5.90 Å². The lowest BCUT2D eigenvalue weighted by atomic mass is 9.92. The fourth-order valence-electron chi connectivity index (χ4n) is 6.24. The van der Waals surface area contributed by atoms with E-state index in [0.29, 0.717) is 24.1 Å². The highest BCUT2D eigenvalue weighted by molar-refractivity contribution is 6.00. The van der Waals surface area contributed by atoms with Gasteiger partial charge < -0.3 is 19.9 Å². The van der Waals surface area contributed by atoms with Gasteiger partial charge in [0.25, 0.3) is 0 Å². The van der Waals surface area contributed by atoms with E-state index in [0.717, 1.165) is 37.2 Å². The molecule has 5 rings (SSSR count). The fourth-order valence-corrected chi connectivity index (χ4v) is 6.24. The van der Waals surface area contributed by atoms with Crippen LogP contribution in [-0.4, -0.2) is 59.0 Å². The zero-order valence-corrected chi connectivity index (χ0v) is 24.2. The molecule has 0 aromatic heterocycles. The van der Waals surface area contributed by atoms with E-state index < -0.39 is 0 Å². The number of hydrogen-bond acceptors (Lipinski definition) is 4.